The average molecular weight is 378 g/mol. The predicted octanol–water partition coefficient (Wildman–Crippen LogP) is 5.43. The molecule has 138 valence electrons. The van der Waals surface area contributed by atoms with Crippen LogP contribution in [0.2, 0.25) is 0 Å². The number of benzene rings is 1. The van der Waals surface area contributed by atoms with Gasteiger partial charge in [0.15, 0.2) is 0 Å². The van der Waals surface area contributed by atoms with Gasteiger partial charge in [0.1, 0.15) is 5.01 Å². The Morgan fingerprint density at radius 1 is 1.37 bits per heavy atom. The maximum absolute atomic E-state index is 12.0. The topological polar surface area (TPSA) is 46.9 Å². The SMILES string of the molecule is C=CCn1c(C)cc(-c2csc(-c3cccc(NC(=O)C4CC4)c3)n2)c1C. The van der Waals surface area contributed by atoms with Crippen molar-refractivity contribution in [3.8, 4) is 21.8 Å². The Balaban J connectivity index is 1.60. The van der Waals surface area contributed by atoms with Gasteiger partial charge in [-0.15, -0.1) is 17.9 Å². The molecule has 2 aromatic heterocycles. The number of nitrogens with one attached hydrogen (secondary N) is 1. The molecule has 3 aromatic rings. The zero-order valence-electron chi connectivity index (χ0n) is 15.7. The van der Waals surface area contributed by atoms with Crippen LogP contribution < -0.4 is 5.32 Å². The van der Waals surface area contributed by atoms with Crippen molar-refractivity contribution in [2.24, 2.45) is 5.92 Å². The molecule has 0 spiro atoms. The van der Waals surface area contributed by atoms with Crippen molar-refractivity contribution in [1.29, 1.82) is 0 Å². The molecule has 1 saturated carbocycles. The minimum absolute atomic E-state index is 0.127. The Morgan fingerprint density at radius 3 is 2.93 bits per heavy atom. The lowest BCUT2D eigenvalue weighted by Crippen LogP contribution is -2.13. The molecule has 4 nitrogen and oxygen atoms in total. The van der Waals surface area contributed by atoms with Crippen LogP contribution in [0.3, 0.4) is 0 Å². The van der Waals surface area contributed by atoms with Crippen molar-refractivity contribution in [3.05, 3.63) is 59.8 Å². The van der Waals surface area contributed by atoms with Gasteiger partial charge in [-0.05, 0) is 44.9 Å². The van der Waals surface area contributed by atoms with Gasteiger partial charge in [0.05, 0.1) is 5.69 Å². The fourth-order valence-corrected chi connectivity index (χ4v) is 4.14. The monoisotopic (exact) mass is 377 g/mol. The van der Waals surface area contributed by atoms with Gasteiger partial charge in [0, 0.05) is 46.0 Å². The highest BCUT2D eigenvalue weighted by Crippen LogP contribution is 2.34. The summed E-state index contributed by atoms with van der Waals surface area (Å²) in [7, 11) is 0. The Bertz CT molecular complexity index is 1010. The summed E-state index contributed by atoms with van der Waals surface area (Å²) >= 11 is 1.63. The lowest BCUT2D eigenvalue weighted by molar-refractivity contribution is -0.117. The van der Waals surface area contributed by atoms with Crippen molar-refractivity contribution < 1.29 is 4.79 Å². The Morgan fingerprint density at radius 2 is 2.19 bits per heavy atom. The van der Waals surface area contributed by atoms with Crippen molar-refractivity contribution in [2.45, 2.75) is 33.2 Å². The van der Waals surface area contributed by atoms with E-state index in [2.05, 4.69) is 41.8 Å². The number of thiazole rings is 1. The summed E-state index contributed by atoms with van der Waals surface area (Å²) in [5.74, 6) is 0.326. The molecular weight excluding hydrogens is 354 g/mol. The van der Waals surface area contributed by atoms with Crippen molar-refractivity contribution in [2.75, 3.05) is 5.32 Å². The predicted molar refractivity (Wildman–Crippen MR) is 112 cm³/mol. The van der Waals surface area contributed by atoms with Crippen molar-refractivity contribution in [1.82, 2.24) is 9.55 Å². The number of amides is 1. The number of carbonyl (C=O) groups is 1. The third-order valence-corrected chi connectivity index (χ3v) is 5.88. The van der Waals surface area contributed by atoms with Crippen molar-refractivity contribution >= 4 is 22.9 Å². The largest absolute Gasteiger partial charge is 0.345 e. The van der Waals surface area contributed by atoms with E-state index in [4.69, 9.17) is 4.98 Å². The van der Waals surface area contributed by atoms with Gasteiger partial charge in [-0.3, -0.25) is 4.79 Å². The molecule has 1 fully saturated rings. The van der Waals surface area contributed by atoms with Crippen LogP contribution in [0.15, 0.2) is 48.4 Å². The molecule has 0 saturated heterocycles. The summed E-state index contributed by atoms with van der Waals surface area (Å²) in [6, 6.07) is 10.1. The first-order valence-electron chi connectivity index (χ1n) is 9.21. The van der Waals surface area contributed by atoms with Crippen LogP contribution in [0.1, 0.15) is 24.2 Å². The van der Waals surface area contributed by atoms with E-state index in [9.17, 15) is 4.79 Å². The lowest BCUT2D eigenvalue weighted by atomic mass is 10.2. The number of rotatable bonds is 6. The van der Waals surface area contributed by atoms with E-state index < -0.39 is 0 Å². The van der Waals surface area contributed by atoms with E-state index in [0.29, 0.717) is 0 Å². The van der Waals surface area contributed by atoms with Crippen LogP contribution in [-0.4, -0.2) is 15.5 Å². The molecule has 0 unspecified atom stereocenters. The van der Waals surface area contributed by atoms with Crippen LogP contribution in [0.5, 0.6) is 0 Å². The summed E-state index contributed by atoms with van der Waals surface area (Å²) < 4.78 is 2.25. The summed E-state index contributed by atoms with van der Waals surface area (Å²) in [6.45, 7) is 8.88. The second-order valence-electron chi connectivity index (χ2n) is 7.07. The van der Waals surface area contributed by atoms with Crippen LogP contribution >= 0.6 is 11.3 Å². The smallest absolute Gasteiger partial charge is 0.227 e. The molecule has 1 aromatic carbocycles. The first kappa shape index (κ1) is 17.7. The maximum atomic E-state index is 12.0. The van der Waals surface area contributed by atoms with Gasteiger partial charge in [-0.2, -0.15) is 0 Å². The van der Waals surface area contributed by atoms with Crippen LogP contribution in [0.25, 0.3) is 21.8 Å². The second kappa shape index (κ2) is 7.16. The number of allylic oxidation sites excluding steroid dienone is 1. The van der Waals surface area contributed by atoms with E-state index in [1.165, 1.54) is 11.4 Å². The highest BCUT2D eigenvalue weighted by atomic mass is 32.1. The molecule has 0 atom stereocenters. The second-order valence-corrected chi connectivity index (χ2v) is 7.92. The summed E-state index contributed by atoms with van der Waals surface area (Å²) in [4.78, 5) is 16.9. The molecule has 2 heterocycles. The first-order chi connectivity index (χ1) is 13.1. The zero-order chi connectivity index (χ0) is 19.0. The average Bonchev–Trinajstić information content (AvgIpc) is 3.34. The van der Waals surface area contributed by atoms with E-state index in [1.807, 2.05) is 30.3 Å². The quantitative estimate of drug-likeness (QED) is 0.582. The minimum Gasteiger partial charge on any atom is -0.345 e. The third kappa shape index (κ3) is 3.60. The summed E-state index contributed by atoms with van der Waals surface area (Å²) in [5, 5.41) is 6.07. The standard InChI is InChI=1S/C22H23N3OS/c1-4-10-25-14(2)11-19(15(25)3)20-13-27-22(24-20)17-6-5-7-18(12-17)23-21(26)16-8-9-16/h4-7,11-13,16H,1,8-10H2,2-3H3,(H,23,26). The fraction of sp³-hybridized carbons (Fsp3) is 0.273. The zero-order valence-corrected chi connectivity index (χ0v) is 16.5. The molecule has 1 amide bonds. The minimum atomic E-state index is 0.127. The number of hydrogen-bond donors (Lipinski definition) is 1. The maximum Gasteiger partial charge on any atom is 0.227 e. The molecule has 1 N–H and O–H groups in total. The number of aromatic nitrogens is 2. The Hall–Kier alpha value is -2.66. The molecule has 4 rings (SSSR count). The van der Waals surface area contributed by atoms with E-state index in [-0.39, 0.29) is 11.8 Å². The van der Waals surface area contributed by atoms with Gasteiger partial charge in [0.25, 0.3) is 0 Å². The van der Waals surface area contributed by atoms with Crippen LogP contribution in [-0.2, 0) is 11.3 Å². The van der Waals surface area contributed by atoms with Gasteiger partial charge in [-0.1, -0.05) is 18.2 Å². The van der Waals surface area contributed by atoms with Gasteiger partial charge in [0.2, 0.25) is 5.91 Å². The van der Waals surface area contributed by atoms with E-state index in [1.54, 1.807) is 11.3 Å². The number of nitrogens with zero attached hydrogens (tertiary/aromatic N) is 2. The third-order valence-electron chi connectivity index (χ3n) is 4.99. The number of anilines is 1. The van der Waals surface area contributed by atoms with E-state index in [0.717, 1.165) is 46.9 Å². The Labute approximate surface area is 163 Å². The van der Waals surface area contributed by atoms with Gasteiger partial charge >= 0.3 is 0 Å². The first-order valence-corrected chi connectivity index (χ1v) is 10.1. The number of carbonyl (C=O) groups excluding carboxylic acids is 1. The molecule has 1 aliphatic rings. The van der Waals surface area contributed by atoms with Crippen LogP contribution in [0, 0.1) is 19.8 Å². The highest BCUT2D eigenvalue weighted by Gasteiger charge is 2.29. The number of aryl methyl sites for hydroxylation is 1. The lowest BCUT2D eigenvalue weighted by Gasteiger charge is -2.06. The van der Waals surface area contributed by atoms with Crippen LogP contribution in [0.4, 0.5) is 5.69 Å². The number of hydrogen-bond acceptors (Lipinski definition) is 3. The van der Waals surface area contributed by atoms with Crippen molar-refractivity contribution in [3.63, 3.8) is 0 Å². The molecule has 0 radical (unpaired) electrons. The van der Waals surface area contributed by atoms with Gasteiger partial charge < -0.3 is 9.88 Å². The molecule has 5 heteroatoms. The molecule has 27 heavy (non-hydrogen) atoms. The summed E-state index contributed by atoms with van der Waals surface area (Å²) in [5.41, 5.74) is 6.43. The molecule has 0 aliphatic heterocycles. The summed E-state index contributed by atoms with van der Waals surface area (Å²) in [6.07, 6.45) is 3.93. The van der Waals surface area contributed by atoms with E-state index >= 15 is 0 Å². The van der Waals surface area contributed by atoms with Gasteiger partial charge in [-0.25, -0.2) is 4.98 Å². The molecular formula is C22H23N3OS. The normalized spacial score (nSPS) is 13.6. The Kier molecular flexibility index (Phi) is 4.70. The highest BCUT2D eigenvalue weighted by molar-refractivity contribution is 7.13. The molecule has 1 aliphatic carbocycles. The molecule has 0 bridgehead atoms. The fourth-order valence-electron chi connectivity index (χ4n) is 3.32.